The molecular formula is C10H20F6NO4P. The van der Waals surface area contributed by atoms with Crippen molar-refractivity contribution in [3.05, 3.63) is 0 Å². The van der Waals surface area contributed by atoms with Crippen LogP contribution in [0, 0.1) is 0 Å². The van der Waals surface area contributed by atoms with Crippen LogP contribution in [0.4, 0.5) is 26.3 Å². The minimum absolute atomic E-state index is 0.310. The van der Waals surface area contributed by atoms with E-state index in [9.17, 15) is 26.3 Å². The molecule has 5 nitrogen and oxygen atoms in total. The molecule has 0 saturated carbocycles. The molecule has 12 heteroatoms. The Kier molecular flexibility index (Phi) is 9.22. The van der Waals surface area contributed by atoms with Crippen molar-refractivity contribution in [1.29, 1.82) is 0 Å². The molecule has 0 heterocycles. The summed E-state index contributed by atoms with van der Waals surface area (Å²) in [6.45, 7) is 4.37. The first kappa shape index (κ1) is 23.9. The lowest BCUT2D eigenvalue weighted by Crippen LogP contribution is -2.49. The van der Waals surface area contributed by atoms with E-state index in [-0.39, 0.29) is 6.04 Å². The zero-order chi connectivity index (χ0) is 18.4. The Hall–Kier alpha value is -0.350. The summed E-state index contributed by atoms with van der Waals surface area (Å²) in [6.07, 6.45) is -12.0. The maximum absolute atomic E-state index is 12.3. The van der Waals surface area contributed by atoms with Crippen LogP contribution in [0.1, 0.15) is 40.0 Å². The molecule has 0 aliphatic carbocycles. The second kappa shape index (κ2) is 8.49. The molecule has 0 aliphatic rings. The summed E-state index contributed by atoms with van der Waals surface area (Å²) in [5, 5.41) is 2.57. The van der Waals surface area contributed by atoms with Gasteiger partial charge in [-0.15, -0.1) is 0 Å². The Bertz CT molecular complexity index is 359. The van der Waals surface area contributed by atoms with Crippen LogP contribution in [0.2, 0.25) is 0 Å². The van der Waals surface area contributed by atoms with E-state index >= 15 is 0 Å². The highest BCUT2D eigenvalue weighted by Crippen LogP contribution is 2.34. The van der Waals surface area contributed by atoms with Gasteiger partial charge < -0.3 is 20.0 Å². The number of hydrogen-bond acceptors (Lipinski definition) is 2. The van der Waals surface area contributed by atoms with Gasteiger partial charge in [0, 0.05) is 18.0 Å². The minimum atomic E-state index is -4.64. The van der Waals surface area contributed by atoms with E-state index < -0.39 is 45.0 Å². The molecule has 1 atom stereocenters. The lowest BCUT2D eigenvalue weighted by molar-refractivity contribution is -0.162. The van der Waals surface area contributed by atoms with E-state index in [0.29, 0.717) is 0 Å². The third-order valence-corrected chi connectivity index (χ3v) is 2.19. The number of alkyl halides is 6. The van der Waals surface area contributed by atoms with Crippen LogP contribution in [0.15, 0.2) is 0 Å². The Balaban J connectivity index is 0. The van der Waals surface area contributed by atoms with Gasteiger partial charge in [0.15, 0.2) is 0 Å². The van der Waals surface area contributed by atoms with Gasteiger partial charge in [0.25, 0.3) is 0 Å². The van der Waals surface area contributed by atoms with Gasteiger partial charge in [-0.3, -0.25) is 0 Å². The molecule has 136 valence electrons. The highest BCUT2D eigenvalue weighted by molar-refractivity contribution is 7.45. The third kappa shape index (κ3) is 21.9. The van der Waals surface area contributed by atoms with E-state index in [1.54, 1.807) is 13.8 Å². The summed E-state index contributed by atoms with van der Waals surface area (Å²) in [6, 6.07) is -0.310. The van der Waals surface area contributed by atoms with Crippen molar-refractivity contribution in [2.45, 2.75) is 64.0 Å². The molecule has 0 rings (SSSR count). The molecule has 1 unspecified atom stereocenters. The van der Waals surface area contributed by atoms with Gasteiger partial charge in [0.1, 0.15) is 0 Å². The van der Waals surface area contributed by atoms with Crippen molar-refractivity contribution >= 4 is 7.82 Å². The van der Waals surface area contributed by atoms with Crippen molar-refractivity contribution in [2.75, 3.05) is 0 Å². The van der Waals surface area contributed by atoms with Gasteiger partial charge >= 0.3 is 20.2 Å². The highest BCUT2D eigenvalue weighted by Gasteiger charge is 2.41. The van der Waals surface area contributed by atoms with Gasteiger partial charge in [-0.2, -0.15) is 26.3 Å². The maximum atomic E-state index is 12.3. The van der Waals surface area contributed by atoms with Crippen LogP contribution < -0.4 is 5.32 Å². The van der Waals surface area contributed by atoms with Gasteiger partial charge in [0.2, 0.25) is 0 Å². The molecule has 0 aromatic carbocycles. The number of hydrogen-bond donors (Lipinski definition) is 4. The van der Waals surface area contributed by atoms with Crippen LogP contribution in [-0.2, 0) is 4.57 Å². The average molecular weight is 363 g/mol. The molecule has 22 heavy (non-hydrogen) atoms. The zero-order valence-corrected chi connectivity index (χ0v) is 13.1. The Morgan fingerprint density at radius 2 is 1.32 bits per heavy atom. The average Bonchev–Trinajstić information content (AvgIpc) is 2.06. The molecule has 0 radical (unpaired) electrons. The molecule has 0 aliphatic heterocycles. The van der Waals surface area contributed by atoms with E-state index in [2.05, 4.69) is 5.32 Å². The first-order chi connectivity index (χ1) is 9.33. The first-order valence-electron chi connectivity index (χ1n) is 6.02. The van der Waals surface area contributed by atoms with Crippen LogP contribution in [-0.4, -0.2) is 38.6 Å². The van der Waals surface area contributed by atoms with Gasteiger partial charge in [0.05, 0.1) is 6.42 Å². The zero-order valence-electron chi connectivity index (χ0n) is 12.2. The summed E-state index contributed by atoms with van der Waals surface area (Å²) < 4.78 is 81.9. The number of rotatable bonds is 5. The van der Waals surface area contributed by atoms with Crippen LogP contribution in [0.3, 0.4) is 0 Å². The predicted octanol–water partition coefficient (Wildman–Crippen LogP) is 3.11. The summed E-state index contributed by atoms with van der Waals surface area (Å²) >= 11 is 0. The number of nitrogens with one attached hydrogen (secondary N) is 1. The normalized spacial score (nSPS) is 16.0. The van der Waals surface area contributed by atoms with Crippen LogP contribution in [0.5, 0.6) is 0 Å². The molecule has 4 N–H and O–H groups in total. The van der Waals surface area contributed by atoms with Crippen LogP contribution in [0.25, 0.3) is 0 Å². The Morgan fingerprint density at radius 3 is 1.55 bits per heavy atom. The molecule has 0 amide bonds. The first-order valence-corrected chi connectivity index (χ1v) is 7.59. The monoisotopic (exact) mass is 363 g/mol. The molecular weight excluding hydrogens is 343 g/mol. The predicted molar refractivity (Wildman–Crippen MR) is 66.9 cm³/mol. The Morgan fingerprint density at radius 1 is 0.955 bits per heavy atom. The summed E-state index contributed by atoms with van der Waals surface area (Å²) in [7, 11) is -4.64. The summed E-state index contributed by atoms with van der Waals surface area (Å²) in [5.41, 5.74) is -1.58. The number of phosphoric acid groups is 1. The van der Waals surface area contributed by atoms with E-state index in [0.717, 1.165) is 0 Å². The lowest BCUT2D eigenvalue weighted by atomic mass is 9.90. The smallest absolute Gasteiger partial charge is 0.309 e. The molecule has 0 spiro atoms. The van der Waals surface area contributed by atoms with Crippen molar-refractivity contribution in [3.63, 3.8) is 0 Å². The lowest BCUT2D eigenvalue weighted by Gasteiger charge is -2.34. The molecule has 0 aromatic rings. The number of halogens is 6. The topological polar surface area (TPSA) is 89.8 Å². The second-order valence-electron chi connectivity index (χ2n) is 5.28. The quantitative estimate of drug-likeness (QED) is 0.445. The van der Waals surface area contributed by atoms with Gasteiger partial charge in [-0.25, -0.2) is 4.57 Å². The van der Waals surface area contributed by atoms with Crippen molar-refractivity contribution in [3.8, 4) is 0 Å². The Labute approximate surface area is 124 Å². The van der Waals surface area contributed by atoms with Crippen LogP contribution >= 0.6 is 7.82 Å². The van der Waals surface area contributed by atoms with Gasteiger partial charge in [-0.1, -0.05) is 13.8 Å². The van der Waals surface area contributed by atoms with Crippen molar-refractivity contribution < 1.29 is 45.6 Å². The van der Waals surface area contributed by atoms with E-state index in [1.807, 2.05) is 0 Å². The fourth-order valence-electron chi connectivity index (χ4n) is 1.77. The molecule has 0 aromatic heterocycles. The molecule has 0 saturated heterocycles. The fraction of sp³-hybridized carbons (Fsp3) is 1.00. The SMILES string of the molecule is CC(C)NC(C)(CCC(F)(F)F)CC(F)(F)F.O=P(O)(O)O. The van der Waals surface area contributed by atoms with E-state index in [1.165, 1.54) is 6.92 Å². The van der Waals surface area contributed by atoms with E-state index in [4.69, 9.17) is 19.2 Å². The second-order valence-corrected chi connectivity index (χ2v) is 6.31. The minimum Gasteiger partial charge on any atom is -0.309 e. The van der Waals surface area contributed by atoms with Crippen molar-refractivity contribution in [1.82, 2.24) is 5.32 Å². The third-order valence-electron chi connectivity index (χ3n) is 2.19. The molecule has 0 bridgehead atoms. The van der Waals surface area contributed by atoms with Gasteiger partial charge in [-0.05, 0) is 13.3 Å². The summed E-state index contributed by atoms with van der Waals surface area (Å²) in [4.78, 5) is 21.6. The fourth-order valence-corrected chi connectivity index (χ4v) is 1.77. The maximum Gasteiger partial charge on any atom is 0.466 e. The standard InChI is InChI=1S/C10H17F6N.H3O4P/c1-7(2)17-8(3,6-10(14,15)16)4-5-9(11,12)13;1-5(2,3)4/h7,17H,4-6H2,1-3H3;(H3,1,2,3,4). The summed E-state index contributed by atoms with van der Waals surface area (Å²) in [5.74, 6) is 0. The van der Waals surface area contributed by atoms with Crippen molar-refractivity contribution in [2.24, 2.45) is 0 Å². The molecule has 0 fully saturated rings. The highest BCUT2D eigenvalue weighted by atomic mass is 31.2. The largest absolute Gasteiger partial charge is 0.466 e.